The van der Waals surface area contributed by atoms with Gasteiger partial charge in [0.2, 0.25) is 11.8 Å². The van der Waals surface area contributed by atoms with Crippen molar-refractivity contribution in [2.75, 3.05) is 5.32 Å². The van der Waals surface area contributed by atoms with Crippen LogP contribution in [-0.4, -0.2) is 39.7 Å². The second-order valence-electron chi connectivity index (χ2n) is 8.62. The number of aromatic nitrogens is 1. The summed E-state index contributed by atoms with van der Waals surface area (Å²) in [5.41, 5.74) is 3.00. The number of thiazole rings is 1. The Morgan fingerprint density at radius 2 is 2.00 bits per heavy atom. The molecule has 1 aromatic heterocycles. The number of urea groups is 1. The smallest absolute Gasteiger partial charge is 0.319 e. The van der Waals surface area contributed by atoms with Gasteiger partial charge in [-0.05, 0) is 55.9 Å². The number of amides is 5. The Kier molecular flexibility index (Phi) is 5.84. The summed E-state index contributed by atoms with van der Waals surface area (Å²) >= 11 is 1.68. The van der Waals surface area contributed by atoms with Crippen LogP contribution in [0, 0.1) is 0 Å². The van der Waals surface area contributed by atoms with Crippen molar-refractivity contribution in [1.82, 2.24) is 20.5 Å². The van der Waals surface area contributed by atoms with Crippen LogP contribution in [0.5, 0.6) is 0 Å². The number of hydrogen-bond acceptors (Lipinski definition) is 6. The van der Waals surface area contributed by atoms with E-state index in [4.69, 9.17) is 0 Å². The molecule has 0 bridgehead atoms. The van der Waals surface area contributed by atoms with Gasteiger partial charge >= 0.3 is 6.03 Å². The Labute approximate surface area is 194 Å². The fraction of sp³-hybridized carbons (Fsp3) is 0.435. The van der Waals surface area contributed by atoms with Crippen LogP contribution in [0.15, 0.2) is 18.2 Å². The fourth-order valence-electron chi connectivity index (χ4n) is 4.64. The first kappa shape index (κ1) is 21.6. The molecule has 2 aromatic rings. The predicted molar refractivity (Wildman–Crippen MR) is 122 cm³/mol. The number of carbonyl (C=O) groups excluding carboxylic acids is 4. The van der Waals surface area contributed by atoms with Gasteiger partial charge in [-0.3, -0.25) is 19.7 Å². The van der Waals surface area contributed by atoms with E-state index in [2.05, 4.69) is 20.9 Å². The Hall–Kier alpha value is -3.27. The van der Waals surface area contributed by atoms with Crippen LogP contribution in [0.2, 0.25) is 0 Å². The average Bonchev–Trinajstić information content (AvgIpc) is 3.24. The predicted octanol–water partition coefficient (Wildman–Crippen LogP) is 2.49. The monoisotopic (exact) mass is 467 g/mol. The average molecular weight is 468 g/mol. The van der Waals surface area contributed by atoms with E-state index in [1.165, 1.54) is 34.7 Å². The van der Waals surface area contributed by atoms with Crippen molar-refractivity contribution in [2.45, 2.75) is 64.1 Å². The molecule has 1 saturated heterocycles. The Bertz CT molecular complexity index is 1120. The number of aryl methyl sites for hydroxylation is 2. The number of anilines is 1. The summed E-state index contributed by atoms with van der Waals surface area (Å²) in [7, 11) is 0. The van der Waals surface area contributed by atoms with E-state index in [1.54, 1.807) is 29.5 Å². The largest absolute Gasteiger partial charge is 0.331 e. The van der Waals surface area contributed by atoms with Crippen LogP contribution < -0.4 is 16.0 Å². The lowest BCUT2D eigenvalue weighted by atomic mass is 10.0. The highest BCUT2D eigenvalue weighted by atomic mass is 32.1. The molecule has 1 fully saturated rings. The number of fused-ring (bicyclic) bond motifs is 2. The maximum absolute atomic E-state index is 12.8. The quantitative estimate of drug-likeness (QED) is 0.471. The summed E-state index contributed by atoms with van der Waals surface area (Å²) < 4.78 is 0. The molecule has 5 amide bonds. The topological polar surface area (TPSA) is 120 Å². The van der Waals surface area contributed by atoms with E-state index in [0.717, 1.165) is 23.4 Å². The molecule has 0 radical (unpaired) electrons. The van der Waals surface area contributed by atoms with E-state index >= 15 is 0 Å². The SMILES string of the molecule is O=C1CCC(N2Cc3cc(NC(=O)NCc4nc5c(s4)CCCCC5)ccc3C2=O)C(=O)N1. The number of rotatable bonds is 4. The van der Waals surface area contributed by atoms with Crippen LogP contribution in [-0.2, 0) is 35.5 Å². The molecule has 9 nitrogen and oxygen atoms in total. The van der Waals surface area contributed by atoms with Crippen LogP contribution >= 0.6 is 11.3 Å². The highest BCUT2D eigenvalue weighted by Gasteiger charge is 2.39. The molecule has 0 spiro atoms. The molecule has 5 rings (SSSR count). The number of hydrogen-bond donors (Lipinski definition) is 3. The summed E-state index contributed by atoms with van der Waals surface area (Å²) in [5, 5.41) is 8.87. The molecule has 2 aliphatic heterocycles. The molecule has 33 heavy (non-hydrogen) atoms. The van der Waals surface area contributed by atoms with Crippen molar-refractivity contribution in [3.63, 3.8) is 0 Å². The maximum Gasteiger partial charge on any atom is 0.319 e. The lowest BCUT2D eigenvalue weighted by molar-refractivity contribution is -0.136. The summed E-state index contributed by atoms with van der Waals surface area (Å²) in [4.78, 5) is 56.3. The lowest BCUT2D eigenvalue weighted by Crippen LogP contribution is -2.52. The highest BCUT2D eigenvalue weighted by Crippen LogP contribution is 2.29. The number of imide groups is 1. The number of nitrogens with one attached hydrogen (secondary N) is 3. The third kappa shape index (κ3) is 4.47. The van der Waals surface area contributed by atoms with Crippen molar-refractivity contribution in [3.8, 4) is 0 Å². The molecule has 172 valence electrons. The number of nitrogens with zero attached hydrogens (tertiary/aromatic N) is 2. The van der Waals surface area contributed by atoms with E-state index in [-0.39, 0.29) is 30.8 Å². The number of piperidine rings is 1. The van der Waals surface area contributed by atoms with Gasteiger partial charge in [-0.25, -0.2) is 9.78 Å². The first-order valence-electron chi connectivity index (χ1n) is 11.3. The normalized spacial score (nSPS) is 20.1. The fourth-order valence-corrected chi connectivity index (χ4v) is 5.74. The standard InChI is InChI=1S/C23H25N5O4S/c29-19-9-8-17(21(30)27-19)28-12-13-10-14(6-7-15(13)22(28)31)25-23(32)24-11-20-26-16-4-2-1-3-5-18(16)33-20/h6-7,10,17H,1-5,8-9,11-12H2,(H2,24,25,32)(H,27,29,30). The molecule has 3 aliphatic rings. The summed E-state index contributed by atoms with van der Waals surface area (Å²) in [6.07, 6.45) is 6.24. The lowest BCUT2D eigenvalue weighted by Gasteiger charge is -2.29. The van der Waals surface area contributed by atoms with E-state index in [0.29, 0.717) is 24.2 Å². The summed E-state index contributed by atoms with van der Waals surface area (Å²) in [6, 6.07) is 4.10. The number of carbonyl (C=O) groups is 4. The Balaban J connectivity index is 1.19. The van der Waals surface area contributed by atoms with Crippen LogP contribution in [0.1, 0.15) is 63.6 Å². The number of benzene rings is 1. The maximum atomic E-state index is 12.8. The van der Waals surface area contributed by atoms with E-state index in [1.807, 2.05) is 0 Å². The second kappa shape index (κ2) is 8.93. The molecule has 1 aliphatic carbocycles. The zero-order valence-electron chi connectivity index (χ0n) is 18.1. The first-order valence-corrected chi connectivity index (χ1v) is 12.1. The van der Waals surface area contributed by atoms with Crippen LogP contribution in [0.25, 0.3) is 0 Å². The molecule has 1 aromatic carbocycles. The van der Waals surface area contributed by atoms with Gasteiger partial charge in [-0.1, -0.05) is 6.42 Å². The van der Waals surface area contributed by atoms with Crippen molar-refractivity contribution in [2.24, 2.45) is 0 Å². The third-order valence-electron chi connectivity index (χ3n) is 6.32. The van der Waals surface area contributed by atoms with Crippen LogP contribution in [0.4, 0.5) is 10.5 Å². The van der Waals surface area contributed by atoms with Gasteiger partial charge < -0.3 is 15.5 Å². The van der Waals surface area contributed by atoms with Crippen molar-refractivity contribution in [1.29, 1.82) is 0 Å². The van der Waals surface area contributed by atoms with E-state index in [9.17, 15) is 19.2 Å². The first-order chi connectivity index (χ1) is 16.0. The van der Waals surface area contributed by atoms with Gasteiger partial charge in [0.05, 0.1) is 12.2 Å². The second-order valence-corrected chi connectivity index (χ2v) is 9.79. The molecule has 3 heterocycles. The summed E-state index contributed by atoms with van der Waals surface area (Å²) in [5.74, 6) is -0.991. The zero-order valence-corrected chi connectivity index (χ0v) is 18.9. The molecule has 0 saturated carbocycles. The van der Waals surface area contributed by atoms with Gasteiger partial charge in [0.1, 0.15) is 11.0 Å². The summed E-state index contributed by atoms with van der Waals surface area (Å²) in [6.45, 7) is 0.637. The molecule has 3 N–H and O–H groups in total. The Morgan fingerprint density at radius 3 is 2.85 bits per heavy atom. The van der Waals surface area contributed by atoms with Gasteiger partial charge in [0.25, 0.3) is 5.91 Å². The highest BCUT2D eigenvalue weighted by molar-refractivity contribution is 7.11. The zero-order chi connectivity index (χ0) is 22.9. The molecule has 1 unspecified atom stereocenters. The van der Waals surface area contributed by atoms with Crippen molar-refractivity contribution in [3.05, 3.63) is 44.9 Å². The Morgan fingerprint density at radius 1 is 1.15 bits per heavy atom. The van der Waals surface area contributed by atoms with Crippen molar-refractivity contribution < 1.29 is 19.2 Å². The van der Waals surface area contributed by atoms with Crippen LogP contribution in [0.3, 0.4) is 0 Å². The molecule has 10 heteroatoms. The third-order valence-corrected chi connectivity index (χ3v) is 7.48. The minimum atomic E-state index is -0.657. The molecular weight excluding hydrogens is 442 g/mol. The van der Waals surface area contributed by atoms with E-state index < -0.39 is 11.9 Å². The molecular formula is C23H25N5O4S. The van der Waals surface area contributed by atoms with Gasteiger partial charge in [0, 0.05) is 29.1 Å². The minimum Gasteiger partial charge on any atom is -0.331 e. The van der Waals surface area contributed by atoms with Crippen molar-refractivity contribution >= 4 is 40.8 Å². The van der Waals surface area contributed by atoms with Gasteiger partial charge in [-0.15, -0.1) is 11.3 Å². The minimum absolute atomic E-state index is 0.214. The van der Waals surface area contributed by atoms with Gasteiger partial charge in [0.15, 0.2) is 0 Å². The van der Waals surface area contributed by atoms with Gasteiger partial charge in [-0.2, -0.15) is 0 Å². The molecule has 1 atom stereocenters.